The highest BCUT2D eigenvalue weighted by molar-refractivity contribution is 6.09. The van der Waals surface area contributed by atoms with E-state index in [-0.39, 0.29) is 16.9 Å². The second-order valence-electron chi connectivity index (χ2n) is 3.86. The van der Waals surface area contributed by atoms with Gasteiger partial charge in [-0.15, -0.1) is 0 Å². The summed E-state index contributed by atoms with van der Waals surface area (Å²) in [6.07, 6.45) is 0. The van der Waals surface area contributed by atoms with Crippen molar-refractivity contribution in [2.75, 3.05) is 0 Å². The zero-order valence-electron chi connectivity index (χ0n) is 9.95. The Morgan fingerprint density at radius 3 is 2.05 bits per heavy atom. The molecule has 20 heavy (non-hydrogen) atoms. The smallest absolute Gasteiger partial charge is 0.387 e. The molecule has 0 bridgehead atoms. The lowest BCUT2D eigenvalue weighted by molar-refractivity contribution is -0.0498. The number of benzene rings is 2. The van der Waals surface area contributed by atoms with Gasteiger partial charge < -0.3 is 4.74 Å². The summed E-state index contributed by atoms with van der Waals surface area (Å²) in [4.78, 5) is 12.0. The standard InChI is InChI=1S/C14H8F4O2/c15-11-6-3-9(7-12(11)16)13(19)8-1-4-10(5-2-8)20-14(17)18/h1-7,14H. The van der Waals surface area contributed by atoms with Crippen molar-refractivity contribution in [3.8, 4) is 5.75 Å². The number of ether oxygens (including phenoxy) is 1. The molecule has 2 aromatic rings. The summed E-state index contributed by atoms with van der Waals surface area (Å²) in [5, 5.41) is 0. The molecule has 0 aliphatic carbocycles. The maximum atomic E-state index is 13.0. The Kier molecular flexibility index (Phi) is 4.02. The van der Waals surface area contributed by atoms with Crippen molar-refractivity contribution in [1.82, 2.24) is 0 Å². The van der Waals surface area contributed by atoms with Gasteiger partial charge in [-0.25, -0.2) is 8.78 Å². The number of alkyl halides is 2. The molecule has 0 fully saturated rings. The third kappa shape index (κ3) is 3.14. The minimum absolute atomic E-state index is 0.0357. The zero-order valence-corrected chi connectivity index (χ0v) is 9.95. The van der Waals surface area contributed by atoms with Crippen LogP contribution in [0.3, 0.4) is 0 Å². The van der Waals surface area contributed by atoms with Crippen LogP contribution in [0, 0.1) is 11.6 Å². The second-order valence-corrected chi connectivity index (χ2v) is 3.86. The van der Waals surface area contributed by atoms with Crippen LogP contribution >= 0.6 is 0 Å². The minimum atomic E-state index is -2.96. The van der Waals surface area contributed by atoms with Crippen molar-refractivity contribution in [1.29, 1.82) is 0 Å². The molecule has 2 nitrogen and oxygen atoms in total. The highest BCUT2D eigenvalue weighted by Gasteiger charge is 2.12. The van der Waals surface area contributed by atoms with Gasteiger partial charge in [0.1, 0.15) is 5.75 Å². The molecule has 0 unspecified atom stereocenters. The molecule has 0 aromatic heterocycles. The molecule has 0 saturated heterocycles. The summed E-state index contributed by atoms with van der Waals surface area (Å²) in [6.45, 7) is -2.96. The van der Waals surface area contributed by atoms with Crippen LogP contribution in [0.2, 0.25) is 0 Å². The molecular weight excluding hydrogens is 276 g/mol. The van der Waals surface area contributed by atoms with Gasteiger partial charge in [0, 0.05) is 11.1 Å². The third-order valence-electron chi connectivity index (χ3n) is 2.52. The first kappa shape index (κ1) is 14.0. The lowest BCUT2D eigenvalue weighted by Crippen LogP contribution is -2.04. The maximum Gasteiger partial charge on any atom is 0.387 e. The summed E-state index contributed by atoms with van der Waals surface area (Å²) in [7, 11) is 0. The van der Waals surface area contributed by atoms with Gasteiger partial charge in [-0.05, 0) is 42.5 Å². The molecule has 0 aliphatic heterocycles. The van der Waals surface area contributed by atoms with E-state index in [0.29, 0.717) is 0 Å². The SMILES string of the molecule is O=C(c1ccc(OC(F)F)cc1)c1ccc(F)c(F)c1. The van der Waals surface area contributed by atoms with Gasteiger partial charge in [-0.3, -0.25) is 4.79 Å². The van der Waals surface area contributed by atoms with E-state index in [1.165, 1.54) is 24.3 Å². The van der Waals surface area contributed by atoms with Crippen molar-refractivity contribution in [2.24, 2.45) is 0 Å². The minimum Gasteiger partial charge on any atom is -0.435 e. The van der Waals surface area contributed by atoms with Crippen molar-refractivity contribution < 1.29 is 27.1 Å². The summed E-state index contributed by atoms with van der Waals surface area (Å²) in [5.41, 5.74) is 0.115. The fourth-order valence-corrected chi connectivity index (χ4v) is 1.59. The van der Waals surface area contributed by atoms with Crippen LogP contribution in [0.5, 0.6) is 5.75 Å². The Hall–Kier alpha value is -2.37. The summed E-state index contributed by atoms with van der Waals surface area (Å²) in [6, 6.07) is 7.68. The third-order valence-corrected chi connectivity index (χ3v) is 2.52. The predicted molar refractivity (Wildman–Crippen MR) is 62.9 cm³/mol. The Balaban J connectivity index is 2.22. The molecule has 0 radical (unpaired) electrons. The van der Waals surface area contributed by atoms with Crippen molar-refractivity contribution in [2.45, 2.75) is 6.61 Å². The molecule has 0 aliphatic rings. The molecule has 0 amide bonds. The molecule has 2 rings (SSSR count). The fourth-order valence-electron chi connectivity index (χ4n) is 1.59. The molecule has 0 atom stereocenters. The molecule has 0 N–H and O–H groups in total. The molecule has 6 heteroatoms. The first-order valence-electron chi connectivity index (χ1n) is 5.52. The largest absolute Gasteiger partial charge is 0.435 e. The number of carbonyl (C=O) groups is 1. The van der Waals surface area contributed by atoms with E-state index in [0.717, 1.165) is 18.2 Å². The lowest BCUT2D eigenvalue weighted by atomic mass is 10.0. The Morgan fingerprint density at radius 2 is 1.50 bits per heavy atom. The Morgan fingerprint density at radius 1 is 0.900 bits per heavy atom. The number of hydrogen-bond acceptors (Lipinski definition) is 2. The first-order valence-corrected chi connectivity index (χ1v) is 5.52. The average Bonchev–Trinajstić information content (AvgIpc) is 2.41. The first-order chi connectivity index (χ1) is 9.47. The summed E-state index contributed by atoms with van der Waals surface area (Å²) >= 11 is 0. The van der Waals surface area contributed by atoms with E-state index in [4.69, 9.17) is 0 Å². The van der Waals surface area contributed by atoms with E-state index in [9.17, 15) is 22.4 Å². The van der Waals surface area contributed by atoms with Gasteiger partial charge in [0.05, 0.1) is 0 Å². The Labute approximate surface area is 111 Å². The van der Waals surface area contributed by atoms with Crippen LogP contribution in [0.1, 0.15) is 15.9 Å². The molecule has 0 heterocycles. The summed E-state index contributed by atoms with van der Waals surface area (Å²) in [5.74, 6) is -2.83. The van der Waals surface area contributed by atoms with Crippen LogP contribution in [-0.2, 0) is 0 Å². The van der Waals surface area contributed by atoms with Crippen LogP contribution in [0.25, 0.3) is 0 Å². The zero-order chi connectivity index (χ0) is 14.7. The summed E-state index contributed by atoms with van der Waals surface area (Å²) < 4.78 is 53.9. The molecule has 0 saturated carbocycles. The van der Waals surface area contributed by atoms with E-state index in [2.05, 4.69) is 4.74 Å². The molecule has 2 aromatic carbocycles. The fraction of sp³-hybridized carbons (Fsp3) is 0.0714. The van der Waals surface area contributed by atoms with Gasteiger partial charge in [-0.1, -0.05) is 0 Å². The predicted octanol–water partition coefficient (Wildman–Crippen LogP) is 3.80. The monoisotopic (exact) mass is 284 g/mol. The quantitative estimate of drug-likeness (QED) is 0.630. The molecule has 104 valence electrons. The topological polar surface area (TPSA) is 26.3 Å². The number of carbonyl (C=O) groups excluding carboxylic acids is 1. The van der Waals surface area contributed by atoms with Crippen molar-refractivity contribution >= 4 is 5.78 Å². The highest BCUT2D eigenvalue weighted by atomic mass is 19.3. The lowest BCUT2D eigenvalue weighted by Gasteiger charge is -2.05. The van der Waals surface area contributed by atoms with Crippen LogP contribution in [0.4, 0.5) is 17.6 Å². The van der Waals surface area contributed by atoms with Crippen molar-refractivity contribution in [3.63, 3.8) is 0 Å². The van der Waals surface area contributed by atoms with Gasteiger partial charge in [0.25, 0.3) is 0 Å². The number of hydrogen-bond donors (Lipinski definition) is 0. The van der Waals surface area contributed by atoms with Crippen LogP contribution < -0.4 is 4.74 Å². The Bertz CT molecular complexity index is 624. The molecular formula is C14H8F4O2. The second kappa shape index (κ2) is 5.73. The van der Waals surface area contributed by atoms with E-state index in [1.54, 1.807) is 0 Å². The highest BCUT2D eigenvalue weighted by Crippen LogP contribution is 2.18. The number of ketones is 1. The normalized spacial score (nSPS) is 10.7. The van der Waals surface area contributed by atoms with Gasteiger partial charge in [0.15, 0.2) is 17.4 Å². The average molecular weight is 284 g/mol. The number of halogens is 4. The number of rotatable bonds is 4. The van der Waals surface area contributed by atoms with E-state index in [1.807, 2.05) is 0 Å². The van der Waals surface area contributed by atoms with E-state index >= 15 is 0 Å². The maximum absolute atomic E-state index is 13.0. The van der Waals surface area contributed by atoms with Crippen LogP contribution in [0.15, 0.2) is 42.5 Å². The molecule has 0 spiro atoms. The van der Waals surface area contributed by atoms with Crippen LogP contribution in [-0.4, -0.2) is 12.4 Å². The van der Waals surface area contributed by atoms with Gasteiger partial charge in [-0.2, -0.15) is 8.78 Å². The van der Waals surface area contributed by atoms with Gasteiger partial charge in [0.2, 0.25) is 0 Å². The van der Waals surface area contributed by atoms with Gasteiger partial charge >= 0.3 is 6.61 Å². The van der Waals surface area contributed by atoms with E-state index < -0.39 is 24.0 Å². The van der Waals surface area contributed by atoms with Crippen molar-refractivity contribution in [3.05, 3.63) is 65.2 Å².